The topological polar surface area (TPSA) is 61.9 Å². The number of aryl methyl sites for hydroxylation is 1. The van der Waals surface area contributed by atoms with E-state index in [1.54, 1.807) is 6.33 Å². The molecular formula is C20H20N4O. The number of amides is 1. The maximum atomic E-state index is 12.6. The molecule has 0 bridgehead atoms. The molecule has 1 aromatic carbocycles. The third-order valence-electron chi connectivity index (χ3n) is 4.67. The molecule has 0 saturated carbocycles. The molecule has 3 aromatic rings. The van der Waals surface area contributed by atoms with Crippen molar-refractivity contribution in [1.29, 1.82) is 0 Å². The number of nitrogens with one attached hydrogen (secondary N) is 1. The van der Waals surface area contributed by atoms with Gasteiger partial charge in [-0.15, -0.1) is 0 Å². The van der Waals surface area contributed by atoms with Crippen molar-refractivity contribution < 1.29 is 4.79 Å². The normalized spacial score (nSPS) is 13.5. The number of rotatable bonds is 4. The summed E-state index contributed by atoms with van der Waals surface area (Å²) in [4.78, 5) is 26.6. The third-order valence-corrected chi connectivity index (χ3v) is 4.67. The van der Waals surface area contributed by atoms with E-state index < -0.39 is 0 Å². The Balaban J connectivity index is 1.53. The minimum Gasteiger partial charge on any atom is -0.365 e. The molecule has 0 atom stereocenters. The van der Waals surface area contributed by atoms with E-state index in [4.69, 9.17) is 0 Å². The van der Waals surface area contributed by atoms with E-state index in [1.165, 1.54) is 0 Å². The average molecular weight is 332 g/mol. The van der Waals surface area contributed by atoms with Gasteiger partial charge in [-0.2, -0.15) is 0 Å². The van der Waals surface area contributed by atoms with Crippen molar-refractivity contribution in [3.8, 4) is 11.3 Å². The van der Waals surface area contributed by atoms with Gasteiger partial charge in [0.1, 0.15) is 6.33 Å². The van der Waals surface area contributed by atoms with E-state index in [9.17, 15) is 4.79 Å². The Morgan fingerprint density at radius 2 is 2.00 bits per heavy atom. The molecule has 1 aliphatic heterocycles. The SMILES string of the molecule is O=C(CCc1ccc[nH]1)N1CCc2ncnc(-c3ccccc3)c2C1. The quantitative estimate of drug-likeness (QED) is 0.799. The van der Waals surface area contributed by atoms with Crippen LogP contribution in [0.25, 0.3) is 11.3 Å². The first kappa shape index (κ1) is 15.6. The monoisotopic (exact) mass is 332 g/mol. The molecule has 0 radical (unpaired) electrons. The van der Waals surface area contributed by atoms with Gasteiger partial charge < -0.3 is 9.88 Å². The van der Waals surface area contributed by atoms with Gasteiger partial charge in [-0.1, -0.05) is 30.3 Å². The summed E-state index contributed by atoms with van der Waals surface area (Å²) in [6.07, 6.45) is 5.56. The minimum absolute atomic E-state index is 0.183. The highest BCUT2D eigenvalue weighted by Gasteiger charge is 2.24. The fraction of sp³-hybridized carbons (Fsp3) is 0.250. The van der Waals surface area contributed by atoms with Gasteiger partial charge in [0, 0.05) is 48.9 Å². The molecule has 0 spiro atoms. The fourth-order valence-corrected chi connectivity index (χ4v) is 3.32. The first-order chi connectivity index (χ1) is 12.3. The van der Waals surface area contributed by atoms with Crippen LogP contribution in [0.1, 0.15) is 23.4 Å². The molecular weight excluding hydrogens is 312 g/mol. The van der Waals surface area contributed by atoms with Crippen molar-refractivity contribution in [2.75, 3.05) is 6.54 Å². The molecule has 0 unspecified atom stereocenters. The Morgan fingerprint density at radius 3 is 2.80 bits per heavy atom. The predicted octanol–water partition coefficient (Wildman–Crippen LogP) is 2.99. The van der Waals surface area contributed by atoms with Crippen LogP contribution < -0.4 is 0 Å². The molecule has 4 rings (SSSR count). The molecule has 1 amide bonds. The molecule has 2 aromatic heterocycles. The summed E-state index contributed by atoms with van der Waals surface area (Å²) in [5, 5.41) is 0. The summed E-state index contributed by atoms with van der Waals surface area (Å²) >= 11 is 0. The van der Waals surface area contributed by atoms with Gasteiger partial charge in [-0.05, 0) is 18.6 Å². The van der Waals surface area contributed by atoms with Crippen LogP contribution in [0.4, 0.5) is 0 Å². The van der Waals surface area contributed by atoms with E-state index in [0.717, 1.165) is 47.6 Å². The van der Waals surface area contributed by atoms with Crippen LogP contribution >= 0.6 is 0 Å². The molecule has 0 saturated heterocycles. The molecule has 25 heavy (non-hydrogen) atoms. The number of carbonyl (C=O) groups is 1. The van der Waals surface area contributed by atoms with Crippen molar-refractivity contribution in [3.63, 3.8) is 0 Å². The van der Waals surface area contributed by atoms with Gasteiger partial charge in [0.15, 0.2) is 0 Å². The molecule has 5 nitrogen and oxygen atoms in total. The second-order valence-electron chi connectivity index (χ2n) is 6.27. The number of hydrogen-bond acceptors (Lipinski definition) is 3. The number of hydrogen-bond donors (Lipinski definition) is 1. The minimum atomic E-state index is 0.183. The molecule has 1 aliphatic rings. The average Bonchev–Trinajstić information content (AvgIpc) is 3.19. The lowest BCUT2D eigenvalue weighted by atomic mass is 9.99. The summed E-state index contributed by atoms with van der Waals surface area (Å²) < 4.78 is 0. The molecule has 3 heterocycles. The number of aromatic amines is 1. The first-order valence-electron chi connectivity index (χ1n) is 8.59. The largest absolute Gasteiger partial charge is 0.365 e. The molecule has 0 aliphatic carbocycles. The lowest BCUT2D eigenvalue weighted by molar-refractivity contribution is -0.132. The Labute approximate surface area is 146 Å². The zero-order valence-electron chi connectivity index (χ0n) is 14.0. The van der Waals surface area contributed by atoms with Crippen LogP contribution in [0.15, 0.2) is 55.0 Å². The van der Waals surface area contributed by atoms with Crippen molar-refractivity contribution in [1.82, 2.24) is 19.9 Å². The highest BCUT2D eigenvalue weighted by Crippen LogP contribution is 2.27. The summed E-state index contributed by atoms with van der Waals surface area (Å²) in [5.41, 5.74) is 5.24. The summed E-state index contributed by atoms with van der Waals surface area (Å²) in [7, 11) is 0. The molecule has 1 N–H and O–H groups in total. The number of carbonyl (C=O) groups excluding carboxylic acids is 1. The van der Waals surface area contributed by atoms with Gasteiger partial charge in [0.2, 0.25) is 5.91 Å². The van der Waals surface area contributed by atoms with E-state index in [2.05, 4.69) is 27.1 Å². The van der Waals surface area contributed by atoms with E-state index in [-0.39, 0.29) is 5.91 Å². The smallest absolute Gasteiger partial charge is 0.223 e. The van der Waals surface area contributed by atoms with E-state index in [0.29, 0.717) is 13.0 Å². The number of benzene rings is 1. The molecule has 5 heteroatoms. The van der Waals surface area contributed by atoms with Crippen molar-refractivity contribution in [3.05, 3.63) is 71.9 Å². The maximum Gasteiger partial charge on any atom is 0.223 e. The van der Waals surface area contributed by atoms with Gasteiger partial charge in [0.25, 0.3) is 0 Å². The van der Waals surface area contributed by atoms with Crippen molar-refractivity contribution in [2.24, 2.45) is 0 Å². The summed E-state index contributed by atoms with van der Waals surface area (Å²) in [6, 6.07) is 14.1. The molecule has 0 fully saturated rings. The second-order valence-corrected chi connectivity index (χ2v) is 6.27. The standard InChI is InChI=1S/C20H20N4O/c25-19(9-8-16-7-4-11-21-16)24-12-10-18-17(13-24)20(23-14-22-18)15-5-2-1-3-6-15/h1-7,11,14,21H,8-10,12-13H2. The maximum absolute atomic E-state index is 12.6. The lowest BCUT2D eigenvalue weighted by Gasteiger charge is -2.29. The first-order valence-corrected chi connectivity index (χ1v) is 8.59. The van der Waals surface area contributed by atoms with Crippen molar-refractivity contribution >= 4 is 5.91 Å². The van der Waals surface area contributed by atoms with E-state index >= 15 is 0 Å². The fourth-order valence-electron chi connectivity index (χ4n) is 3.32. The Hall–Kier alpha value is -2.95. The van der Waals surface area contributed by atoms with Crippen LogP contribution in [0.3, 0.4) is 0 Å². The Morgan fingerprint density at radius 1 is 1.12 bits per heavy atom. The van der Waals surface area contributed by atoms with Crippen LogP contribution in [0.5, 0.6) is 0 Å². The zero-order chi connectivity index (χ0) is 17.1. The Bertz CT molecular complexity index is 859. The lowest BCUT2D eigenvalue weighted by Crippen LogP contribution is -2.37. The number of H-pyrrole nitrogens is 1. The number of aromatic nitrogens is 3. The van der Waals surface area contributed by atoms with Crippen molar-refractivity contribution in [2.45, 2.75) is 25.8 Å². The van der Waals surface area contributed by atoms with Crippen LogP contribution in [-0.2, 0) is 24.2 Å². The zero-order valence-corrected chi connectivity index (χ0v) is 14.0. The van der Waals surface area contributed by atoms with Crippen LogP contribution in [0.2, 0.25) is 0 Å². The van der Waals surface area contributed by atoms with Gasteiger partial charge in [-0.3, -0.25) is 4.79 Å². The highest BCUT2D eigenvalue weighted by molar-refractivity contribution is 5.77. The number of fused-ring (bicyclic) bond motifs is 1. The molecule has 126 valence electrons. The highest BCUT2D eigenvalue weighted by atomic mass is 16.2. The van der Waals surface area contributed by atoms with Crippen LogP contribution in [0, 0.1) is 0 Å². The van der Waals surface area contributed by atoms with Gasteiger partial charge >= 0.3 is 0 Å². The van der Waals surface area contributed by atoms with Gasteiger partial charge in [0.05, 0.1) is 11.4 Å². The number of nitrogens with zero attached hydrogens (tertiary/aromatic N) is 3. The van der Waals surface area contributed by atoms with E-state index in [1.807, 2.05) is 41.4 Å². The predicted molar refractivity (Wildman–Crippen MR) is 95.7 cm³/mol. The summed E-state index contributed by atoms with van der Waals surface area (Å²) in [5.74, 6) is 0.183. The van der Waals surface area contributed by atoms with Gasteiger partial charge in [-0.25, -0.2) is 9.97 Å². The summed E-state index contributed by atoms with van der Waals surface area (Å²) in [6.45, 7) is 1.31. The second kappa shape index (κ2) is 6.89. The Kier molecular flexibility index (Phi) is 4.29. The van der Waals surface area contributed by atoms with Crippen LogP contribution in [-0.4, -0.2) is 32.3 Å². The third kappa shape index (κ3) is 3.31.